The molecule has 1 N–H and O–H groups in total. The van der Waals surface area contributed by atoms with Crippen LogP contribution in [0.1, 0.15) is 49.3 Å². The first-order chi connectivity index (χ1) is 14.2. The van der Waals surface area contributed by atoms with E-state index in [9.17, 15) is 4.79 Å². The maximum Gasteiger partial charge on any atom is 0.229 e. The van der Waals surface area contributed by atoms with Gasteiger partial charge in [0.05, 0.1) is 12.1 Å². The van der Waals surface area contributed by atoms with Crippen molar-refractivity contribution < 1.29 is 4.79 Å². The van der Waals surface area contributed by atoms with E-state index < -0.39 is 0 Å². The molecule has 0 radical (unpaired) electrons. The Hall–Kier alpha value is -2.47. The molecule has 1 saturated carbocycles. The molecule has 6 heteroatoms. The van der Waals surface area contributed by atoms with Gasteiger partial charge in [-0.05, 0) is 49.7 Å². The Kier molecular flexibility index (Phi) is 6.39. The normalized spacial score (nSPS) is 18.6. The van der Waals surface area contributed by atoms with Crippen molar-refractivity contribution >= 4 is 17.4 Å². The van der Waals surface area contributed by atoms with Crippen molar-refractivity contribution in [1.29, 1.82) is 0 Å². The minimum Gasteiger partial charge on any atom is -0.369 e. The molecule has 6 nitrogen and oxygen atoms in total. The zero-order chi connectivity index (χ0) is 20.1. The highest BCUT2D eigenvalue weighted by Crippen LogP contribution is 2.31. The predicted molar refractivity (Wildman–Crippen MR) is 116 cm³/mol. The number of nitrogens with one attached hydrogen (secondary N) is 1. The van der Waals surface area contributed by atoms with Gasteiger partial charge in [-0.1, -0.05) is 31.4 Å². The van der Waals surface area contributed by atoms with Crippen LogP contribution in [-0.2, 0) is 11.2 Å². The first-order valence-electron chi connectivity index (χ1n) is 10.8. The third kappa shape index (κ3) is 5.32. The standard InChI is InChI=1S/C23H31N5O/c1-27-12-14-28(15-13-27)20-9-5-6-18(16-20)17-23(29)24-22-11-10-21(25-26-22)19-7-3-2-4-8-19/h5-6,9-11,16,19H,2-4,7-8,12-15,17H2,1H3,(H,24,26,29). The monoisotopic (exact) mass is 393 g/mol. The number of piperazine rings is 1. The third-order valence-electron chi connectivity index (χ3n) is 6.12. The second-order valence-electron chi connectivity index (χ2n) is 8.36. The number of aromatic nitrogens is 2. The highest BCUT2D eigenvalue weighted by Gasteiger charge is 2.18. The highest BCUT2D eigenvalue weighted by atomic mass is 16.1. The lowest BCUT2D eigenvalue weighted by Gasteiger charge is -2.34. The van der Waals surface area contributed by atoms with Crippen molar-refractivity contribution in [2.45, 2.75) is 44.4 Å². The minimum absolute atomic E-state index is 0.0553. The Balaban J connectivity index is 1.33. The molecule has 154 valence electrons. The van der Waals surface area contributed by atoms with Crippen LogP contribution >= 0.6 is 0 Å². The average Bonchev–Trinajstić information content (AvgIpc) is 2.75. The number of nitrogens with zero attached hydrogens (tertiary/aromatic N) is 4. The summed E-state index contributed by atoms with van der Waals surface area (Å²) in [7, 11) is 2.16. The van der Waals surface area contributed by atoms with Crippen LogP contribution < -0.4 is 10.2 Å². The van der Waals surface area contributed by atoms with E-state index in [1.54, 1.807) is 0 Å². The van der Waals surface area contributed by atoms with Gasteiger partial charge in [0.15, 0.2) is 5.82 Å². The molecular formula is C23H31N5O. The molecule has 4 rings (SSSR count). The number of hydrogen-bond acceptors (Lipinski definition) is 5. The number of carbonyl (C=O) groups excluding carboxylic acids is 1. The van der Waals surface area contributed by atoms with Crippen LogP contribution in [0.4, 0.5) is 11.5 Å². The van der Waals surface area contributed by atoms with Crippen LogP contribution in [0.2, 0.25) is 0 Å². The molecule has 0 unspecified atom stereocenters. The Labute approximate surface area is 173 Å². The summed E-state index contributed by atoms with van der Waals surface area (Å²) in [6.45, 7) is 4.19. The van der Waals surface area contributed by atoms with Gasteiger partial charge in [-0.25, -0.2) is 0 Å². The second kappa shape index (κ2) is 9.35. The molecule has 1 aromatic carbocycles. The lowest BCUT2D eigenvalue weighted by molar-refractivity contribution is -0.115. The summed E-state index contributed by atoms with van der Waals surface area (Å²) in [6.07, 6.45) is 6.62. The molecule has 2 aliphatic rings. The van der Waals surface area contributed by atoms with Crippen LogP contribution in [0, 0.1) is 0 Å². The van der Waals surface area contributed by atoms with Gasteiger partial charge in [-0.2, -0.15) is 5.10 Å². The molecule has 0 bridgehead atoms. The maximum atomic E-state index is 12.5. The Morgan fingerprint density at radius 2 is 1.83 bits per heavy atom. The molecule has 1 aromatic heterocycles. The SMILES string of the molecule is CN1CCN(c2cccc(CC(=O)Nc3ccc(C4CCCCC4)nn3)c2)CC1. The Morgan fingerprint density at radius 1 is 1.03 bits per heavy atom. The summed E-state index contributed by atoms with van der Waals surface area (Å²) < 4.78 is 0. The van der Waals surface area contributed by atoms with Crippen LogP contribution in [0.3, 0.4) is 0 Å². The van der Waals surface area contributed by atoms with Crippen molar-refractivity contribution in [3.63, 3.8) is 0 Å². The molecular weight excluding hydrogens is 362 g/mol. The number of amides is 1. The van der Waals surface area contributed by atoms with Crippen LogP contribution in [0.15, 0.2) is 36.4 Å². The van der Waals surface area contributed by atoms with Gasteiger partial charge < -0.3 is 15.1 Å². The Bertz CT molecular complexity index is 808. The van der Waals surface area contributed by atoms with E-state index in [4.69, 9.17) is 0 Å². The van der Waals surface area contributed by atoms with Crippen LogP contribution in [-0.4, -0.2) is 54.2 Å². The number of carbonyl (C=O) groups is 1. The fourth-order valence-corrected chi connectivity index (χ4v) is 4.33. The highest BCUT2D eigenvalue weighted by molar-refractivity contribution is 5.91. The summed E-state index contributed by atoms with van der Waals surface area (Å²) >= 11 is 0. The number of rotatable bonds is 5. The first kappa shape index (κ1) is 19.8. The molecule has 1 aliphatic heterocycles. The predicted octanol–water partition coefficient (Wildman–Crippen LogP) is 3.46. The van der Waals surface area contributed by atoms with Gasteiger partial charge >= 0.3 is 0 Å². The maximum absolute atomic E-state index is 12.5. The fourth-order valence-electron chi connectivity index (χ4n) is 4.33. The van der Waals surface area contributed by atoms with Gasteiger partial charge in [-0.3, -0.25) is 4.79 Å². The Morgan fingerprint density at radius 3 is 2.55 bits per heavy atom. The average molecular weight is 394 g/mol. The van der Waals surface area contributed by atoms with Crippen molar-refractivity contribution in [3.05, 3.63) is 47.7 Å². The quantitative estimate of drug-likeness (QED) is 0.843. The molecule has 0 atom stereocenters. The number of anilines is 2. The van der Waals surface area contributed by atoms with Crippen molar-refractivity contribution in [2.75, 3.05) is 43.4 Å². The summed E-state index contributed by atoms with van der Waals surface area (Å²) in [5, 5.41) is 11.5. The van der Waals surface area contributed by atoms with Gasteiger partial charge in [0, 0.05) is 37.8 Å². The van der Waals surface area contributed by atoms with Crippen molar-refractivity contribution in [1.82, 2.24) is 15.1 Å². The van der Waals surface area contributed by atoms with Gasteiger partial charge in [-0.15, -0.1) is 5.10 Å². The van der Waals surface area contributed by atoms with Crippen molar-refractivity contribution in [3.8, 4) is 0 Å². The topological polar surface area (TPSA) is 61.4 Å². The van der Waals surface area contributed by atoms with Crippen LogP contribution in [0.5, 0.6) is 0 Å². The number of likely N-dealkylation sites (N-methyl/N-ethyl adjacent to an activating group) is 1. The van der Waals surface area contributed by atoms with E-state index in [1.807, 2.05) is 24.3 Å². The summed E-state index contributed by atoms with van der Waals surface area (Å²) in [5.41, 5.74) is 3.27. The fraction of sp³-hybridized carbons (Fsp3) is 0.522. The molecule has 29 heavy (non-hydrogen) atoms. The summed E-state index contributed by atoms with van der Waals surface area (Å²) in [5.74, 6) is 1.00. The number of benzene rings is 1. The van der Waals surface area contributed by atoms with E-state index in [2.05, 4.69) is 44.5 Å². The van der Waals surface area contributed by atoms with Gasteiger partial charge in [0.25, 0.3) is 0 Å². The van der Waals surface area contributed by atoms with E-state index in [0.717, 1.165) is 37.4 Å². The zero-order valence-corrected chi connectivity index (χ0v) is 17.3. The smallest absolute Gasteiger partial charge is 0.229 e. The lowest BCUT2D eigenvalue weighted by atomic mass is 9.87. The minimum atomic E-state index is -0.0553. The van der Waals surface area contributed by atoms with Crippen molar-refractivity contribution in [2.24, 2.45) is 0 Å². The molecule has 1 aliphatic carbocycles. The second-order valence-corrected chi connectivity index (χ2v) is 8.36. The molecule has 1 amide bonds. The summed E-state index contributed by atoms with van der Waals surface area (Å²) in [6, 6.07) is 12.2. The molecule has 2 aromatic rings. The van der Waals surface area contributed by atoms with Gasteiger partial charge in [0.2, 0.25) is 5.91 Å². The lowest BCUT2D eigenvalue weighted by Crippen LogP contribution is -2.44. The van der Waals surface area contributed by atoms with Crippen LogP contribution in [0.25, 0.3) is 0 Å². The van der Waals surface area contributed by atoms with E-state index in [0.29, 0.717) is 18.2 Å². The molecule has 0 spiro atoms. The third-order valence-corrected chi connectivity index (χ3v) is 6.12. The van der Waals surface area contributed by atoms with E-state index >= 15 is 0 Å². The molecule has 2 heterocycles. The molecule has 2 fully saturated rings. The zero-order valence-electron chi connectivity index (χ0n) is 17.3. The number of hydrogen-bond donors (Lipinski definition) is 1. The summed E-state index contributed by atoms with van der Waals surface area (Å²) in [4.78, 5) is 17.2. The van der Waals surface area contributed by atoms with E-state index in [1.165, 1.54) is 37.8 Å². The van der Waals surface area contributed by atoms with E-state index in [-0.39, 0.29) is 5.91 Å². The van der Waals surface area contributed by atoms with Gasteiger partial charge in [0.1, 0.15) is 0 Å². The largest absolute Gasteiger partial charge is 0.369 e. The molecule has 1 saturated heterocycles. The first-order valence-corrected chi connectivity index (χ1v) is 10.8.